The molecule has 0 saturated carbocycles. The maximum absolute atomic E-state index is 14.7. The maximum Gasteiger partial charge on any atom is 0.306 e. The Bertz CT molecular complexity index is 889. The van der Waals surface area contributed by atoms with Crippen molar-refractivity contribution >= 4 is 17.7 Å². The summed E-state index contributed by atoms with van der Waals surface area (Å²) in [5, 5.41) is 0. The van der Waals surface area contributed by atoms with Crippen LogP contribution < -0.4 is 4.74 Å². The van der Waals surface area contributed by atoms with Gasteiger partial charge in [0.2, 0.25) is 5.82 Å². The zero-order chi connectivity index (χ0) is 23.5. The summed E-state index contributed by atoms with van der Waals surface area (Å²) in [6.07, 6.45) is 4.28. The fourth-order valence-electron chi connectivity index (χ4n) is 3.29. The van der Waals surface area contributed by atoms with E-state index in [1.54, 1.807) is 6.92 Å². The lowest BCUT2D eigenvalue weighted by Gasteiger charge is -2.15. The van der Waals surface area contributed by atoms with Crippen molar-refractivity contribution in [2.24, 2.45) is 5.92 Å². The van der Waals surface area contributed by atoms with Crippen molar-refractivity contribution in [1.29, 1.82) is 0 Å². The van der Waals surface area contributed by atoms with Crippen LogP contribution >= 0.6 is 11.8 Å². The van der Waals surface area contributed by atoms with E-state index in [-0.39, 0.29) is 46.5 Å². The molecule has 0 fully saturated rings. The topological polar surface area (TPSA) is 35.5 Å². The lowest BCUT2D eigenvalue weighted by atomic mass is 10.0. The number of thioether (sulfide) groups is 1. The van der Waals surface area contributed by atoms with Crippen molar-refractivity contribution in [3.8, 4) is 16.9 Å². The molecule has 0 saturated heterocycles. The number of rotatable bonds is 13. The van der Waals surface area contributed by atoms with Gasteiger partial charge in [0.05, 0.1) is 24.5 Å². The molecular formula is C25H31F3O3S. The summed E-state index contributed by atoms with van der Waals surface area (Å²) in [5.41, 5.74) is 0.172. The first-order chi connectivity index (χ1) is 15.4. The van der Waals surface area contributed by atoms with Crippen LogP contribution in [0.1, 0.15) is 52.9 Å². The van der Waals surface area contributed by atoms with E-state index in [0.29, 0.717) is 12.5 Å². The minimum absolute atomic E-state index is 0.0581. The molecule has 0 aliphatic carbocycles. The van der Waals surface area contributed by atoms with Gasteiger partial charge >= 0.3 is 5.97 Å². The highest BCUT2D eigenvalue weighted by Gasteiger charge is 2.20. The molecule has 32 heavy (non-hydrogen) atoms. The highest BCUT2D eigenvalue weighted by molar-refractivity contribution is 7.99. The van der Waals surface area contributed by atoms with Gasteiger partial charge in [-0.3, -0.25) is 4.79 Å². The van der Waals surface area contributed by atoms with Crippen molar-refractivity contribution in [2.75, 3.05) is 19.0 Å². The summed E-state index contributed by atoms with van der Waals surface area (Å²) in [6.45, 7) is 6.46. The van der Waals surface area contributed by atoms with Crippen LogP contribution in [0.4, 0.5) is 13.2 Å². The van der Waals surface area contributed by atoms with E-state index in [0.717, 1.165) is 37.4 Å². The molecule has 2 aromatic rings. The minimum Gasteiger partial charge on any atom is -0.491 e. The summed E-state index contributed by atoms with van der Waals surface area (Å²) in [6, 6.07) is 6.93. The van der Waals surface area contributed by atoms with Crippen molar-refractivity contribution in [1.82, 2.24) is 0 Å². The second-order valence-electron chi connectivity index (χ2n) is 7.49. The number of benzene rings is 2. The summed E-state index contributed by atoms with van der Waals surface area (Å²) in [5.74, 6) is -2.68. The number of carbonyl (C=O) groups is 1. The van der Waals surface area contributed by atoms with Crippen LogP contribution in [0.5, 0.6) is 5.75 Å². The first-order valence-electron chi connectivity index (χ1n) is 11.1. The number of carbonyl (C=O) groups excluding carboxylic acids is 1. The van der Waals surface area contributed by atoms with Crippen molar-refractivity contribution < 1.29 is 27.4 Å². The molecule has 0 spiro atoms. The normalized spacial score (nSPS) is 11.9. The molecule has 0 bridgehead atoms. The fourth-order valence-corrected chi connectivity index (χ4v) is 4.30. The molecule has 0 aromatic heterocycles. The van der Waals surface area contributed by atoms with E-state index >= 15 is 0 Å². The first-order valence-corrected chi connectivity index (χ1v) is 12.1. The standard InChI is InChI=1S/C25H31F3O3S/c1-4-7-9-17(5-2)16-31-22(29)14-15-32-25-19(10-8-11-20(25)26)18-12-13-21(30-6-3)24(28)23(18)27/h8,10-13,17H,4-7,9,14-16H2,1-3H3. The Morgan fingerprint density at radius 3 is 2.50 bits per heavy atom. The highest BCUT2D eigenvalue weighted by Crippen LogP contribution is 2.37. The molecule has 0 amide bonds. The third-order valence-electron chi connectivity index (χ3n) is 5.18. The molecular weight excluding hydrogens is 437 g/mol. The Morgan fingerprint density at radius 1 is 1.03 bits per heavy atom. The van der Waals surface area contributed by atoms with Crippen molar-refractivity contribution in [2.45, 2.75) is 57.8 Å². The van der Waals surface area contributed by atoms with Gasteiger partial charge in [0.1, 0.15) is 5.82 Å². The summed E-state index contributed by atoms with van der Waals surface area (Å²) in [4.78, 5) is 12.3. The number of hydrogen-bond acceptors (Lipinski definition) is 4. The van der Waals surface area contributed by atoms with E-state index in [1.807, 2.05) is 0 Å². The average molecular weight is 469 g/mol. The van der Waals surface area contributed by atoms with E-state index < -0.39 is 17.5 Å². The number of hydrogen-bond donors (Lipinski definition) is 0. The smallest absolute Gasteiger partial charge is 0.306 e. The molecule has 0 aliphatic rings. The Morgan fingerprint density at radius 2 is 1.81 bits per heavy atom. The quantitative estimate of drug-likeness (QED) is 0.226. The molecule has 0 N–H and O–H groups in total. The Balaban J connectivity index is 2.05. The van der Waals surface area contributed by atoms with E-state index in [9.17, 15) is 18.0 Å². The van der Waals surface area contributed by atoms with E-state index in [4.69, 9.17) is 9.47 Å². The van der Waals surface area contributed by atoms with Crippen molar-refractivity contribution in [3.05, 3.63) is 47.8 Å². The zero-order valence-corrected chi connectivity index (χ0v) is 19.7. The van der Waals surface area contributed by atoms with Gasteiger partial charge in [-0.15, -0.1) is 11.8 Å². The third-order valence-corrected chi connectivity index (χ3v) is 6.29. The molecule has 176 valence electrons. The van der Waals surface area contributed by atoms with Gasteiger partial charge in [0, 0.05) is 16.9 Å². The maximum atomic E-state index is 14.7. The van der Waals surface area contributed by atoms with Gasteiger partial charge in [-0.1, -0.05) is 45.2 Å². The molecule has 0 radical (unpaired) electrons. The van der Waals surface area contributed by atoms with E-state index in [1.165, 1.54) is 30.3 Å². The number of esters is 1. The largest absolute Gasteiger partial charge is 0.491 e. The lowest BCUT2D eigenvalue weighted by Crippen LogP contribution is -2.14. The Hall–Kier alpha value is -2.15. The highest BCUT2D eigenvalue weighted by atomic mass is 32.2. The minimum atomic E-state index is -1.11. The van der Waals surface area contributed by atoms with Crippen LogP contribution in [-0.2, 0) is 9.53 Å². The SMILES string of the molecule is CCCCC(CC)COC(=O)CCSc1c(F)cccc1-c1ccc(OCC)c(F)c1F. The first kappa shape index (κ1) is 26.1. The number of halogens is 3. The molecule has 2 rings (SSSR count). The molecule has 3 nitrogen and oxygen atoms in total. The van der Waals surface area contributed by atoms with Gasteiger partial charge in [0.15, 0.2) is 11.6 Å². The molecule has 1 atom stereocenters. The van der Waals surface area contributed by atoms with Crippen molar-refractivity contribution in [3.63, 3.8) is 0 Å². The van der Waals surface area contributed by atoms with Crippen LogP contribution in [0.15, 0.2) is 35.2 Å². The Kier molecular flexibility index (Phi) is 10.9. The number of unbranched alkanes of at least 4 members (excludes halogenated alkanes) is 1. The van der Waals surface area contributed by atoms with Crippen LogP contribution in [0, 0.1) is 23.4 Å². The van der Waals surface area contributed by atoms with Gasteiger partial charge in [0.25, 0.3) is 0 Å². The second-order valence-corrected chi connectivity index (χ2v) is 8.59. The predicted molar refractivity (Wildman–Crippen MR) is 123 cm³/mol. The fraction of sp³-hybridized carbons (Fsp3) is 0.480. The second kappa shape index (κ2) is 13.4. The third kappa shape index (κ3) is 7.19. The molecule has 0 heterocycles. The number of ether oxygens (including phenoxy) is 2. The van der Waals surface area contributed by atoms with Crippen LogP contribution in [0.25, 0.3) is 11.1 Å². The van der Waals surface area contributed by atoms with Gasteiger partial charge < -0.3 is 9.47 Å². The molecule has 0 aliphatic heterocycles. The van der Waals surface area contributed by atoms with Crippen LogP contribution in [-0.4, -0.2) is 24.9 Å². The molecule has 7 heteroatoms. The monoisotopic (exact) mass is 468 g/mol. The zero-order valence-electron chi connectivity index (χ0n) is 18.9. The van der Waals surface area contributed by atoms with Crippen LogP contribution in [0.3, 0.4) is 0 Å². The molecule has 2 aromatic carbocycles. The average Bonchev–Trinajstić information content (AvgIpc) is 2.78. The molecule has 1 unspecified atom stereocenters. The Labute approximate surface area is 192 Å². The summed E-state index contributed by atoms with van der Waals surface area (Å²) < 4.78 is 54.0. The van der Waals surface area contributed by atoms with Crippen LogP contribution in [0.2, 0.25) is 0 Å². The van der Waals surface area contributed by atoms with Gasteiger partial charge in [-0.25, -0.2) is 8.78 Å². The van der Waals surface area contributed by atoms with Gasteiger partial charge in [-0.05, 0) is 37.5 Å². The van der Waals surface area contributed by atoms with E-state index in [2.05, 4.69) is 13.8 Å². The summed E-state index contributed by atoms with van der Waals surface area (Å²) >= 11 is 1.08. The summed E-state index contributed by atoms with van der Waals surface area (Å²) in [7, 11) is 0. The lowest BCUT2D eigenvalue weighted by molar-refractivity contribution is -0.144. The van der Waals surface area contributed by atoms with Gasteiger partial charge in [-0.2, -0.15) is 4.39 Å². The predicted octanol–water partition coefficient (Wildman–Crippen LogP) is 7.41.